The normalized spacial score (nSPS) is 19.5. The van der Waals surface area contributed by atoms with Crippen molar-refractivity contribution in [1.29, 1.82) is 0 Å². The SMILES string of the molecule is Cc1ccc2c3c([nH]c2c1)C=CC(I)C3. The van der Waals surface area contributed by atoms with Gasteiger partial charge in [-0.2, -0.15) is 0 Å². The van der Waals surface area contributed by atoms with E-state index in [2.05, 4.69) is 64.8 Å². The number of allylic oxidation sites excluding steroid dienone is 1. The minimum absolute atomic E-state index is 0.635. The predicted octanol–water partition coefficient (Wildman–Crippen LogP) is 3.85. The number of hydrogen-bond acceptors (Lipinski definition) is 0. The average Bonchev–Trinajstić information content (AvgIpc) is 2.54. The van der Waals surface area contributed by atoms with Crippen molar-refractivity contribution >= 4 is 39.6 Å². The Hall–Kier alpha value is -0.770. The second-order valence-corrected chi connectivity index (χ2v) is 5.75. The molecule has 3 rings (SSSR count). The molecule has 0 spiro atoms. The van der Waals surface area contributed by atoms with Crippen LogP contribution in [0.25, 0.3) is 17.0 Å². The van der Waals surface area contributed by atoms with Gasteiger partial charge >= 0.3 is 0 Å². The van der Waals surface area contributed by atoms with Gasteiger partial charge in [0.2, 0.25) is 0 Å². The zero-order chi connectivity index (χ0) is 10.4. The zero-order valence-corrected chi connectivity index (χ0v) is 10.7. The minimum atomic E-state index is 0.635. The molecule has 1 unspecified atom stereocenters. The summed E-state index contributed by atoms with van der Waals surface area (Å²) in [7, 11) is 0. The van der Waals surface area contributed by atoms with Gasteiger partial charge in [0.05, 0.1) is 0 Å². The maximum absolute atomic E-state index is 3.49. The number of fused-ring (bicyclic) bond motifs is 3. The first-order chi connectivity index (χ1) is 7.24. The molecule has 1 nitrogen and oxygen atoms in total. The van der Waals surface area contributed by atoms with Gasteiger partial charge in [-0.15, -0.1) is 0 Å². The standard InChI is InChI=1S/C13H12IN/c1-8-2-4-10-11-7-9(14)3-5-12(11)15-13(10)6-8/h2-6,9,15H,7H2,1H3. The summed E-state index contributed by atoms with van der Waals surface area (Å²) in [4.78, 5) is 3.49. The third-order valence-electron chi connectivity index (χ3n) is 2.97. The maximum Gasteiger partial charge on any atom is 0.0464 e. The van der Waals surface area contributed by atoms with Gasteiger partial charge in [0.25, 0.3) is 0 Å². The van der Waals surface area contributed by atoms with Gasteiger partial charge in [-0.05, 0) is 36.6 Å². The molecule has 1 aromatic heterocycles. The summed E-state index contributed by atoms with van der Waals surface area (Å²) >= 11 is 2.49. The van der Waals surface area contributed by atoms with Crippen LogP contribution >= 0.6 is 22.6 Å². The Morgan fingerprint density at radius 1 is 1.40 bits per heavy atom. The Balaban J connectivity index is 2.30. The molecule has 0 aliphatic heterocycles. The molecule has 0 saturated heterocycles. The lowest BCUT2D eigenvalue weighted by Gasteiger charge is -2.10. The molecule has 1 atom stereocenters. The highest BCUT2D eigenvalue weighted by Gasteiger charge is 2.16. The van der Waals surface area contributed by atoms with E-state index in [0.29, 0.717) is 3.92 Å². The number of rotatable bonds is 0. The molecule has 1 N–H and O–H groups in total. The van der Waals surface area contributed by atoms with E-state index in [-0.39, 0.29) is 0 Å². The topological polar surface area (TPSA) is 15.8 Å². The Bertz CT molecular complexity index is 551. The second-order valence-electron chi connectivity index (χ2n) is 4.15. The maximum atomic E-state index is 3.49. The number of aryl methyl sites for hydroxylation is 1. The van der Waals surface area contributed by atoms with Crippen LogP contribution < -0.4 is 0 Å². The van der Waals surface area contributed by atoms with Crippen LogP contribution in [-0.2, 0) is 6.42 Å². The fourth-order valence-corrected chi connectivity index (χ4v) is 2.86. The first-order valence-corrected chi connectivity index (χ1v) is 6.42. The van der Waals surface area contributed by atoms with Crippen LogP contribution in [0.3, 0.4) is 0 Å². The zero-order valence-electron chi connectivity index (χ0n) is 8.55. The number of aromatic amines is 1. The smallest absolute Gasteiger partial charge is 0.0464 e. The van der Waals surface area contributed by atoms with Crippen molar-refractivity contribution in [3.8, 4) is 0 Å². The molecule has 1 aliphatic rings. The minimum Gasteiger partial charge on any atom is -0.355 e. The molecule has 2 aromatic rings. The van der Waals surface area contributed by atoms with Crippen LogP contribution in [0, 0.1) is 6.92 Å². The largest absolute Gasteiger partial charge is 0.355 e. The third kappa shape index (κ3) is 1.51. The van der Waals surface area contributed by atoms with Crippen LogP contribution in [0.5, 0.6) is 0 Å². The average molecular weight is 309 g/mol. The predicted molar refractivity (Wildman–Crippen MR) is 73.6 cm³/mol. The first-order valence-electron chi connectivity index (χ1n) is 5.17. The molecule has 0 bridgehead atoms. The van der Waals surface area contributed by atoms with Crippen LogP contribution in [0.2, 0.25) is 0 Å². The summed E-state index contributed by atoms with van der Waals surface area (Å²) in [6.07, 6.45) is 5.63. The molecular weight excluding hydrogens is 297 g/mol. The number of halogens is 1. The van der Waals surface area contributed by atoms with E-state index in [9.17, 15) is 0 Å². The van der Waals surface area contributed by atoms with E-state index in [4.69, 9.17) is 0 Å². The number of H-pyrrole nitrogens is 1. The molecule has 2 heteroatoms. The number of hydrogen-bond donors (Lipinski definition) is 1. The summed E-state index contributed by atoms with van der Waals surface area (Å²) in [6, 6.07) is 6.66. The quantitative estimate of drug-likeness (QED) is 0.562. The highest BCUT2D eigenvalue weighted by atomic mass is 127. The van der Waals surface area contributed by atoms with Crippen LogP contribution in [-0.4, -0.2) is 8.91 Å². The summed E-state index contributed by atoms with van der Waals surface area (Å²) in [5, 5.41) is 1.39. The van der Waals surface area contributed by atoms with E-state index >= 15 is 0 Å². The molecular formula is C13H12IN. The first kappa shape index (κ1) is 9.46. The highest BCUT2D eigenvalue weighted by Crippen LogP contribution is 2.30. The second kappa shape index (κ2) is 3.37. The van der Waals surface area contributed by atoms with Crippen molar-refractivity contribution in [3.05, 3.63) is 41.1 Å². The van der Waals surface area contributed by atoms with Gasteiger partial charge in [0, 0.05) is 20.5 Å². The van der Waals surface area contributed by atoms with Gasteiger partial charge in [0.15, 0.2) is 0 Å². The molecule has 0 fully saturated rings. The van der Waals surface area contributed by atoms with Crippen LogP contribution in [0.1, 0.15) is 16.8 Å². The fourth-order valence-electron chi connectivity index (χ4n) is 2.22. The Morgan fingerprint density at radius 2 is 2.27 bits per heavy atom. The van der Waals surface area contributed by atoms with E-state index in [0.717, 1.165) is 6.42 Å². The summed E-state index contributed by atoms with van der Waals surface area (Å²) in [5.41, 5.74) is 5.36. The number of nitrogens with one attached hydrogen (secondary N) is 1. The molecule has 1 heterocycles. The van der Waals surface area contributed by atoms with Gasteiger partial charge in [-0.3, -0.25) is 0 Å². The lowest BCUT2D eigenvalue weighted by molar-refractivity contribution is 1.04. The number of benzene rings is 1. The van der Waals surface area contributed by atoms with Crippen molar-refractivity contribution in [2.24, 2.45) is 0 Å². The van der Waals surface area contributed by atoms with Gasteiger partial charge in [-0.25, -0.2) is 0 Å². The molecule has 1 aliphatic carbocycles. The van der Waals surface area contributed by atoms with Crippen molar-refractivity contribution in [1.82, 2.24) is 4.98 Å². The number of aromatic nitrogens is 1. The van der Waals surface area contributed by atoms with Gasteiger partial charge < -0.3 is 4.98 Å². The molecule has 0 radical (unpaired) electrons. The highest BCUT2D eigenvalue weighted by molar-refractivity contribution is 14.1. The molecule has 15 heavy (non-hydrogen) atoms. The van der Waals surface area contributed by atoms with Crippen LogP contribution in [0.15, 0.2) is 24.3 Å². The van der Waals surface area contributed by atoms with Gasteiger partial charge in [0.1, 0.15) is 0 Å². The molecule has 0 amide bonds. The Kier molecular flexibility index (Phi) is 2.12. The Morgan fingerprint density at radius 3 is 3.13 bits per heavy atom. The summed E-state index contributed by atoms with van der Waals surface area (Å²) < 4.78 is 0.635. The van der Waals surface area contributed by atoms with E-state index in [1.54, 1.807) is 0 Å². The van der Waals surface area contributed by atoms with E-state index < -0.39 is 0 Å². The summed E-state index contributed by atoms with van der Waals surface area (Å²) in [5.74, 6) is 0. The summed E-state index contributed by atoms with van der Waals surface area (Å²) in [6.45, 7) is 2.14. The van der Waals surface area contributed by atoms with Crippen molar-refractivity contribution in [2.75, 3.05) is 0 Å². The molecule has 0 saturated carbocycles. The number of alkyl halides is 1. The van der Waals surface area contributed by atoms with Gasteiger partial charge in [-0.1, -0.05) is 40.8 Å². The Labute approximate surface area is 103 Å². The fraction of sp³-hybridized carbons (Fsp3) is 0.231. The lowest BCUT2D eigenvalue weighted by atomic mass is 10.0. The monoisotopic (exact) mass is 309 g/mol. The molecule has 76 valence electrons. The van der Waals surface area contributed by atoms with Crippen molar-refractivity contribution < 1.29 is 0 Å². The van der Waals surface area contributed by atoms with Crippen LogP contribution in [0.4, 0.5) is 0 Å². The lowest BCUT2D eigenvalue weighted by Crippen LogP contribution is -2.03. The van der Waals surface area contributed by atoms with E-state index in [1.807, 2.05) is 0 Å². The van der Waals surface area contributed by atoms with Crippen molar-refractivity contribution in [3.63, 3.8) is 0 Å². The third-order valence-corrected chi connectivity index (χ3v) is 3.82. The van der Waals surface area contributed by atoms with Crippen molar-refractivity contribution in [2.45, 2.75) is 17.3 Å². The molecule has 1 aromatic carbocycles. The van der Waals surface area contributed by atoms with E-state index in [1.165, 1.54) is 27.7 Å².